The minimum Gasteiger partial charge on any atom is -0.494 e. The average Bonchev–Trinajstić information content (AvgIpc) is 2.69. The van der Waals surface area contributed by atoms with Crippen molar-refractivity contribution in [2.75, 3.05) is 13.7 Å². The second-order valence-electron chi connectivity index (χ2n) is 6.47. The Kier molecular flexibility index (Phi) is 5.93. The van der Waals surface area contributed by atoms with Crippen molar-refractivity contribution in [1.82, 2.24) is 14.5 Å². The lowest BCUT2D eigenvalue weighted by Gasteiger charge is -2.19. The quantitative estimate of drug-likeness (QED) is 0.680. The van der Waals surface area contributed by atoms with E-state index in [1.807, 2.05) is 31.2 Å². The van der Waals surface area contributed by atoms with Gasteiger partial charge in [0.2, 0.25) is 5.91 Å². The summed E-state index contributed by atoms with van der Waals surface area (Å²) in [5, 5.41) is 0.425. The van der Waals surface area contributed by atoms with E-state index >= 15 is 0 Å². The van der Waals surface area contributed by atoms with Crippen LogP contribution in [0.1, 0.15) is 18.9 Å². The lowest BCUT2D eigenvalue weighted by atomic mass is 10.2. The third kappa shape index (κ3) is 4.14. The predicted molar refractivity (Wildman–Crippen MR) is 108 cm³/mol. The van der Waals surface area contributed by atoms with E-state index in [-0.39, 0.29) is 18.9 Å². The fourth-order valence-electron chi connectivity index (χ4n) is 3.14. The van der Waals surface area contributed by atoms with Crippen LogP contribution in [0.25, 0.3) is 10.9 Å². The molecule has 0 unspecified atom stereocenters. The van der Waals surface area contributed by atoms with Gasteiger partial charge in [0.15, 0.2) is 0 Å². The van der Waals surface area contributed by atoms with Crippen molar-refractivity contribution in [3.8, 4) is 5.75 Å². The summed E-state index contributed by atoms with van der Waals surface area (Å²) in [5.41, 5.74) is 0.508. The first-order chi connectivity index (χ1) is 13.5. The Balaban J connectivity index is 1.74. The Morgan fingerprint density at radius 1 is 1.11 bits per heavy atom. The zero-order valence-corrected chi connectivity index (χ0v) is 16.0. The molecule has 28 heavy (non-hydrogen) atoms. The van der Waals surface area contributed by atoms with Gasteiger partial charge in [-0.05, 0) is 25.1 Å². The van der Waals surface area contributed by atoms with Crippen LogP contribution >= 0.6 is 0 Å². The SMILES string of the molecule is CCOc1ccccc1CN(C)C(=O)CCn1c(=O)[nH]c(=O)c2ccccc21. The van der Waals surface area contributed by atoms with Gasteiger partial charge in [0.1, 0.15) is 5.75 Å². The zero-order chi connectivity index (χ0) is 20.1. The number of aromatic nitrogens is 2. The Morgan fingerprint density at radius 2 is 1.82 bits per heavy atom. The highest BCUT2D eigenvalue weighted by molar-refractivity contribution is 5.78. The van der Waals surface area contributed by atoms with E-state index in [1.54, 1.807) is 36.2 Å². The van der Waals surface area contributed by atoms with Gasteiger partial charge in [0, 0.05) is 32.1 Å². The molecule has 0 atom stereocenters. The fraction of sp³-hybridized carbons (Fsp3) is 0.286. The third-order valence-electron chi connectivity index (χ3n) is 4.56. The van der Waals surface area contributed by atoms with E-state index in [0.717, 1.165) is 11.3 Å². The maximum atomic E-state index is 12.6. The molecule has 0 aliphatic heterocycles. The molecule has 2 aromatic carbocycles. The molecule has 1 aromatic heterocycles. The Morgan fingerprint density at radius 3 is 2.61 bits per heavy atom. The molecule has 1 N–H and O–H groups in total. The molecule has 0 fully saturated rings. The molecular weight excluding hydrogens is 358 g/mol. The maximum Gasteiger partial charge on any atom is 0.328 e. The summed E-state index contributed by atoms with van der Waals surface area (Å²) in [6.07, 6.45) is 0.142. The minimum absolute atomic E-state index is 0.103. The largest absolute Gasteiger partial charge is 0.494 e. The van der Waals surface area contributed by atoms with Gasteiger partial charge >= 0.3 is 5.69 Å². The highest BCUT2D eigenvalue weighted by atomic mass is 16.5. The highest BCUT2D eigenvalue weighted by Gasteiger charge is 2.14. The second kappa shape index (κ2) is 8.56. The van der Waals surface area contributed by atoms with E-state index in [1.165, 1.54) is 4.57 Å². The minimum atomic E-state index is -0.513. The monoisotopic (exact) mass is 381 g/mol. The molecule has 3 aromatic rings. The standard InChI is InChI=1S/C21H23N3O4/c1-3-28-18-11-7-4-8-15(18)14-23(2)19(25)12-13-24-17-10-6-5-9-16(17)20(26)22-21(24)27/h4-11H,3,12-14H2,1-2H3,(H,22,26,27). The number of aromatic amines is 1. The molecule has 0 aliphatic carbocycles. The van der Waals surface area contributed by atoms with Gasteiger partial charge in [-0.3, -0.25) is 19.1 Å². The van der Waals surface area contributed by atoms with Crippen molar-refractivity contribution in [1.29, 1.82) is 0 Å². The summed E-state index contributed by atoms with van der Waals surface area (Å²) < 4.78 is 7.03. The molecule has 0 saturated heterocycles. The molecule has 7 nitrogen and oxygen atoms in total. The van der Waals surface area contributed by atoms with E-state index in [2.05, 4.69) is 4.98 Å². The first-order valence-corrected chi connectivity index (χ1v) is 9.17. The van der Waals surface area contributed by atoms with E-state index < -0.39 is 11.2 Å². The maximum absolute atomic E-state index is 12.6. The summed E-state index contributed by atoms with van der Waals surface area (Å²) in [5.74, 6) is 0.654. The average molecular weight is 381 g/mol. The normalized spacial score (nSPS) is 10.8. The highest BCUT2D eigenvalue weighted by Crippen LogP contribution is 2.19. The van der Waals surface area contributed by atoms with Gasteiger partial charge in [-0.2, -0.15) is 0 Å². The molecule has 0 bridgehead atoms. The fourth-order valence-corrected chi connectivity index (χ4v) is 3.14. The number of fused-ring (bicyclic) bond motifs is 1. The lowest BCUT2D eigenvalue weighted by Crippen LogP contribution is -2.33. The number of benzene rings is 2. The van der Waals surface area contributed by atoms with Crippen LogP contribution in [-0.2, 0) is 17.9 Å². The number of nitrogens with zero attached hydrogens (tertiary/aromatic N) is 2. The van der Waals surface area contributed by atoms with Crippen molar-refractivity contribution in [3.63, 3.8) is 0 Å². The van der Waals surface area contributed by atoms with Crippen LogP contribution in [0.15, 0.2) is 58.1 Å². The number of H-pyrrole nitrogens is 1. The number of para-hydroxylation sites is 2. The molecule has 1 heterocycles. The molecule has 0 spiro atoms. The van der Waals surface area contributed by atoms with Crippen LogP contribution in [0.3, 0.4) is 0 Å². The van der Waals surface area contributed by atoms with Crippen molar-refractivity contribution >= 4 is 16.8 Å². The molecule has 0 aliphatic rings. The van der Waals surface area contributed by atoms with Crippen molar-refractivity contribution in [3.05, 3.63) is 74.9 Å². The van der Waals surface area contributed by atoms with E-state index in [4.69, 9.17) is 4.74 Å². The third-order valence-corrected chi connectivity index (χ3v) is 4.56. The summed E-state index contributed by atoms with van der Waals surface area (Å²) in [7, 11) is 1.72. The van der Waals surface area contributed by atoms with Gasteiger partial charge in [-0.15, -0.1) is 0 Å². The van der Waals surface area contributed by atoms with Gasteiger partial charge in [-0.1, -0.05) is 30.3 Å². The topological polar surface area (TPSA) is 84.4 Å². The zero-order valence-electron chi connectivity index (χ0n) is 16.0. The van der Waals surface area contributed by atoms with E-state index in [9.17, 15) is 14.4 Å². The molecule has 1 amide bonds. The number of rotatable bonds is 7. The van der Waals surface area contributed by atoms with Crippen LogP contribution in [-0.4, -0.2) is 34.0 Å². The first-order valence-electron chi connectivity index (χ1n) is 9.17. The number of nitrogens with one attached hydrogen (secondary N) is 1. The number of carbonyl (C=O) groups is 1. The number of amides is 1. The molecule has 146 valence electrons. The lowest BCUT2D eigenvalue weighted by molar-refractivity contribution is -0.130. The smallest absolute Gasteiger partial charge is 0.328 e. The van der Waals surface area contributed by atoms with Crippen molar-refractivity contribution < 1.29 is 9.53 Å². The number of hydrogen-bond acceptors (Lipinski definition) is 4. The number of hydrogen-bond donors (Lipinski definition) is 1. The number of aryl methyl sites for hydroxylation is 1. The van der Waals surface area contributed by atoms with Crippen LogP contribution in [0.4, 0.5) is 0 Å². The van der Waals surface area contributed by atoms with Crippen molar-refractivity contribution in [2.45, 2.75) is 26.4 Å². The van der Waals surface area contributed by atoms with Crippen molar-refractivity contribution in [2.24, 2.45) is 0 Å². The van der Waals surface area contributed by atoms with Gasteiger partial charge < -0.3 is 9.64 Å². The van der Waals surface area contributed by atoms with Crippen LogP contribution in [0.2, 0.25) is 0 Å². The predicted octanol–water partition coefficient (Wildman–Crippen LogP) is 2.14. The number of ether oxygens (including phenoxy) is 1. The Bertz CT molecular complexity index is 1100. The molecule has 0 saturated carbocycles. The summed E-state index contributed by atoms with van der Waals surface area (Å²) in [6.45, 7) is 3.07. The van der Waals surface area contributed by atoms with Crippen LogP contribution < -0.4 is 16.0 Å². The van der Waals surface area contributed by atoms with Crippen LogP contribution in [0, 0.1) is 0 Å². The summed E-state index contributed by atoms with van der Waals surface area (Å²) in [4.78, 5) is 40.7. The molecule has 3 rings (SSSR count). The van der Waals surface area contributed by atoms with Gasteiger partial charge in [0.25, 0.3) is 5.56 Å². The Hall–Kier alpha value is -3.35. The molecular formula is C21H23N3O4. The second-order valence-corrected chi connectivity index (χ2v) is 6.47. The summed E-state index contributed by atoms with van der Waals surface area (Å²) >= 11 is 0. The van der Waals surface area contributed by atoms with Gasteiger partial charge in [0.05, 0.1) is 17.5 Å². The van der Waals surface area contributed by atoms with Crippen LogP contribution in [0.5, 0.6) is 5.75 Å². The van der Waals surface area contributed by atoms with Gasteiger partial charge in [-0.25, -0.2) is 4.79 Å². The molecule has 0 radical (unpaired) electrons. The Labute approximate surface area is 162 Å². The number of carbonyl (C=O) groups excluding carboxylic acids is 1. The van der Waals surface area contributed by atoms with E-state index in [0.29, 0.717) is 24.1 Å². The molecule has 7 heteroatoms. The summed E-state index contributed by atoms with van der Waals surface area (Å²) in [6, 6.07) is 14.5. The first kappa shape index (κ1) is 19.4.